The van der Waals surface area contributed by atoms with Gasteiger partial charge in [-0.25, -0.2) is 9.97 Å². The third kappa shape index (κ3) is 6.41. The molecular formula is C23H33N7O. The maximum absolute atomic E-state index is 12.6. The van der Waals surface area contributed by atoms with Crippen LogP contribution < -0.4 is 10.2 Å². The van der Waals surface area contributed by atoms with E-state index in [1.54, 1.807) is 19.4 Å². The Bertz CT molecular complexity index is 846. The van der Waals surface area contributed by atoms with Gasteiger partial charge in [0.25, 0.3) is 0 Å². The molecule has 1 fully saturated rings. The average Bonchev–Trinajstić information content (AvgIpc) is 2.82. The lowest BCUT2D eigenvalue weighted by atomic mass is 10.1. The Morgan fingerprint density at radius 3 is 2.35 bits per heavy atom. The zero-order chi connectivity index (χ0) is 22.1. The fourth-order valence-corrected chi connectivity index (χ4v) is 3.66. The van der Waals surface area contributed by atoms with Gasteiger partial charge in [0.15, 0.2) is 5.96 Å². The lowest BCUT2D eigenvalue weighted by Crippen LogP contribution is -2.50. The lowest BCUT2D eigenvalue weighted by Gasteiger charge is -2.34. The minimum atomic E-state index is 0.161. The topological polar surface area (TPSA) is 77.0 Å². The van der Waals surface area contributed by atoms with Crippen LogP contribution in [0.1, 0.15) is 24.5 Å². The van der Waals surface area contributed by atoms with Crippen molar-refractivity contribution in [2.45, 2.75) is 26.3 Å². The van der Waals surface area contributed by atoms with Gasteiger partial charge in [-0.2, -0.15) is 0 Å². The number of nitrogens with one attached hydrogen (secondary N) is 1. The van der Waals surface area contributed by atoms with Crippen molar-refractivity contribution in [1.29, 1.82) is 0 Å². The summed E-state index contributed by atoms with van der Waals surface area (Å²) >= 11 is 0. The maximum atomic E-state index is 12.6. The van der Waals surface area contributed by atoms with Crippen LogP contribution >= 0.6 is 0 Å². The molecule has 8 heteroatoms. The van der Waals surface area contributed by atoms with Gasteiger partial charge in [-0.1, -0.05) is 31.2 Å². The van der Waals surface area contributed by atoms with Crippen LogP contribution in [0.15, 0.2) is 47.7 Å². The standard InChI is InChI=1S/C23H33N7O/c1-4-19-6-8-20(9-7-19)18-28(3)22(24-2)27-13-10-21(31)29-14-16-30(17-15-29)23-25-11-5-12-26-23/h5-9,11-12H,4,10,13-18H2,1-3H3,(H,24,27). The number of anilines is 1. The van der Waals surface area contributed by atoms with E-state index in [0.717, 1.165) is 38.0 Å². The number of aryl methyl sites for hydroxylation is 1. The van der Waals surface area contributed by atoms with Gasteiger partial charge in [0.2, 0.25) is 11.9 Å². The Labute approximate surface area is 185 Å². The Hall–Kier alpha value is -3.16. The minimum Gasteiger partial charge on any atom is -0.356 e. The summed E-state index contributed by atoms with van der Waals surface area (Å²) in [5, 5.41) is 3.31. The molecule has 0 bridgehead atoms. The third-order valence-electron chi connectivity index (χ3n) is 5.51. The molecule has 0 atom stereocenters. The van der Waals surface area contributed by atoms with Gasteiger partial charge in [-0.3, -0.25) is 9.79 Å². The molecule has 3 rings (SSSR count). The number of aromatic nitrogens is 2. The molecule has 1 aromatic carbocycles. The van der Waals surface area contributed by atoms with E-state index in [-0.39, 0.29) is 5.91 Å². The van der Waals surface area contributed by atoms with E-state index in [4.69, 9.17) is 0 Å². The van der Waals surface area contributed by atoms with Gasteiger partial charge in [0.05, 0.1) is 0 Å². The summed E-state index contributed by atoms with van der Waals surface area (Å²) in [5.74, 6) is 1.68. The second kappa shape index (κ2) is 11.3. The van der Waals surface area contributed by atoms with Gasteiger partial charge in [-0.15, -0.1) is 0 Å². The summed E-state index contributed by atoms with van der Waals surface area (Å²) in [4.78, 5) is 31.7. The highest BCUT2D eigenvalue weighted by Gasteiger charge is 2.22. The molecule has 0 spiro atoms. The number of piperazine rings is 1. The summed E-state index contributed by atoms with van der Waals surface area (Å²) in [6, 6.07) is 10.5. The number of rotatable bonds is 7. The number of amides is 1. The summed E-state index contributed by atoms with van der Waals surface area (Å²) < 4.78 is 0. The first-order valence-electron chi connectivity index (χ1n) is 10.9. The van der Waals surface area contributed by atoms with Crippen molar-refractivity contribution in [2.24, 2.45) is 4.99 Å². The molecule has 0 unspecified atom stereocenters. The molecule has 1 aliphatic rings. The smallest absolute Gasteiger partial charge is 0.225 e. The van der Waals surface area contributed by atoms with Crippen molar-refractivity contribution in [3.8, 4) is 0 Å². The van der Waals surface area contributed by atoms with Crippen LogP contribution in [0, 0.1) is 0 Å². The highest BCUT2D eigenvalue weighted by Crippen LogP contribution is 2.11. The first kappa shape index (κ1) is 22.5. The Balaban J connectivity index is 1.40. The van der Waals surface area contributed by atoms with Crippen LogP contribution in [0.5, 0.6) is 0 Å². The number of hydrogen-bond acceptors (Lipinski definition) is 5. The molecule has 166 valence electrons. The number of benzene rings is 1. The fourth-order valence-electron chi connectivity index (χ4n) is 3.66. The first-order chi connectivity index (χ1) is 15.1. The molecule has 0 aliphatic carbocycles. The Kier molecular flexibility index (Phi) is 8.20. The molecular weight excluding hydrogens is 390 g/mol. The molecule has 1 N–H and O–H groups in total. The normalized spacial score (nSPS) is 14.5. The molecule has 1 saturated heterocycles. The number of carbonyl (C=O) groups is 1. The Morgan fingerprint density at radius 1 is 1.10 bits per heavy atom. The molecule has 1 amide bonds. The summed E-state index contributed by atoms with van der Waals surface area (Å²) in [6.45, 7) is 6.38. The van der Waals surface area contributed by atoms with Gasteiger partial charge < -0.3 is 20.0 Å². The van der Waals surface area contributed by atoms with Crippen molar-refractivity contribution in [3.05, 3.63) is 53.9 Å². The molecule has 0 radical (unpaired) electrons. The van der Waals surface area contributed by atoms with E-state index in [1.807, 2.05) is 18.0 Å². The number of nitrogens with zero attached hydrogens (tertiary/aromatic N) is 6. The van der Waals surface area contributed by atoms with Crippen molar-refractivity contribution in [3.63, 3.8) is 0 Å². The van der Waals surface area contributed by atoms with Crippen molar-refractivity contribution < 1.29 is 4.79 Å². The molecule has 2 aromatic rings. The molecule has 0 saturated carbocycles. The first-order valence-corrected chi connectivity index (χ1v) is 10.9. The summed E-state index contributed by atoms with van der Waals surface area (Å²) in [6.07, 6.45) is 4.98. The lowest BCUT2D eigenvalue weighted by molar-refractivity contribution is -0.131. The van der Waals surface area contributed by atoms with Crippen molar-refractivity contribution >= 4 is 17.8 Å². The number of carbonyl (C=O) groups excluding carboxylic acids is 1. The zero-order valence-corrected chi connectivity index (χ0v) is 18.8. The molecule has 31 heavy (non-hydrogen) atoms. The van der Waals surface area contributed by atoms with Crippen LogP contribution in [0.3, 0.4) is 0 Å². The monoisotopic (exact) mass is 423 g/mol. The van der Waals surface area contributed by atoms with Gasteiger partial charge in [0, 0.05) is 72.2 Å². The second-order valence-corrected chi connectivity index (χ2v) is 7.67. The van der Waals surface area contributed by atoms with Crippen molar-refractivity contribution in [1.82, 2.24) is 25.1 Å². The van der Waals surface area contributed by atoms with Crippen molar-refractivity contribution in [2.75, 3.05) is 51.7 Å². The van der Waals surface area contributed by atoms with E-state index in [1.165, 1.54) is 11.1 Å². The minimum absolute atomic E-state index is 0.161. The van der Waals surface area contributed by atoms with Gasteiger partial charge >= 0.3 is 0 Å². The number of aliphatic imine (C=N–C) groups is 1. The van der Waals surface area contributed by atoms with Crippen LogP contribution in [0.2, 0.25) is 0 Å². The van der Waals surface area contributed by atoms with E-state index < -0.39 is 0 Å². The highest BCUT2D eigenvalue weighted by atomic mass is 16.2. The van der Waals surface area contributed by atoms with E-state index >= 15 is 0 Å². The quantitative estimate of drug-likeness (QED) is 0.540. The average molecular weight is 424 g/mol. The van der Waals surface area contributed by atoms with Crippen LogP contribution in [0.4, 0.5) is 5.95 Å². The van der Waals surface area contributed by atoms with Crippen LogP contribution in [0.25, 0.3) is 0 Å². The predicted octanol–water partition coefficient (Wildman–Crippen LogP) is 1.79. The molecule has 1 aliphatic heterocycles. The molecule has 1 aromatic heterocycles. The number of guanidine groups is 1. The molecule has 8 nitrogen and oxygen atoms in total. The van der Waals surface area contributed by atoms with Gasteiger partial charge in [-0.05, 0) is 23.6 Å². The van der Waals surface area contributed by atoms with E-state index in [0.29, 0.717) is 26.1 Å². The van der Waals surface area contributed by atoms with Gasteiger partial charge in [0.1, 0.15) is 0 Å². The predicted molar refractivity (Wildman–Crippen MR) is 124 cm³/mol. The third-order valence-corrected chi connectivity index (χ3v) is 5.51. The van der Waals surface area contributed by atoms with E-state index in [9.17, 15) is 4.79 Å². The van der Waals surface area contributed by atoms with Crippen LogP contribution in [-0.2, 0) is 17.8 Å². The van der Waals surface area contributed by atoms with E-state index in [2.05, 4.69) is 61.3 Å². The summed E-state index contributed by atoms with van der Waals surface area (Å²) in [5.41, 5.74) is 2.57. The van der Waals surface area contributed by atoms with Crippen LogP contribution in [-0.4, -0.2) is 78.5 Å². The molecule has 2 heterocycles. The SMILES string of the molecule is CCc1ccc(CN(C)C(=NC)NCCC(=O)N2CCN(c3ncccn3)CC2)cc1. The summed E-state index contributed by atoms with van der Waals surface area (Å²) in [7, 11) is 3.78. The highest BCUT2D eigenvalue weighted by molar-refractivity contribution is 5.81. The largest absolute Gasteiger partial charge is 0.356 e. The maximum Gasteiger partial charge on any atom is 0.225 e. The zero-order valence-electron chi connectivity index (χ0n) is 18.8. The number of hydrogen-bond donors (Lipinski definition) is 1. The second-order valence-electron chi connectivity index (χ2n) is 7.67. The fraction of sp³-hybridized carbons (Fsp3) is 0.478. The Morgan fingerprint density at radius 2 is 1.74 bits per heavy atom.